The number of ether oxygens (including phenoxy) is 1. The molecule has 3 aromatic carbocycles. The van der Waals surface area contributed by atoms with Gasteiger partial charge in [0.2, 0.25) is 0 Å². The average Bonchev–Trinajstić information content (AvgIpc) is 2.81. The summed E-state index contributed by atoms with van der Waals surface area (Å²) < 4.78 is 6.68. The fraction of sp³-hybridized carbons (Fsp3) is 0.231. The van der Waals surface area contributed by atoms with Crippen molar-refractivity contribution in [1.29, 1.82) is 0 Å². The maximum Gasteiger partial charge on any atom is 0.265 e. The molecule has 0 heterocycles. The second-order valence-electron chi connectivity index (χ2n) is 7.39. The van der Waals surface area contributed by atoms with Crippen LogP contribution in [0.5, 0.6) is 5.75 Å². The molecule has 0 aliphatic heterocycles. The van der Waals surface area contributed by atoms with Crippen LogP contribution in [0.2, 0.25) is 0 Å². The van der Waals surface area contributed by atoms with Gasteiger partial charge in [-0.2, -0.15) is 0 Å². The van der Waals surface area contributed by atoms with Gasteiger partial charge in [-0.25, -0.2) is 0 Å². The van der Waals surface area contributed by atoms with E-state index in [1.807, 2.05) is 42.5 Å². The number of halogens is 1. The third kappa shape index (κ3) is 5.98. The number of nitrogens with one attached hydrogen (secondary N) is 2. The molecule has 0 aliphatic carbocycles. The van der Waals surface area contributed by atoms with Crippen LogP contribution < -0.4 is 15.4 Å². The first-order valence-electron chi connectivity index (χ1n) is 10.7. The predicted molar refractivity (Wildman–Crippen MR) is 132 cm³/mol. The number of aryl methyl sites for hydroxylation is 2. The van der Waals surface area contributed by atoms with Gasteiger partial charge in [0.05, 0.1) is 0 Å². The van der Waals surface area contributed by atoms with Gasteiger partial charge in [-0.1, -0.05) is 48.0 Å². The van der Waals surface area contributed by atoms with Crippen LogP contribution in [-0.2, 0) is 17.6 Å². The van der Waals surface area contributed by atoms with Crippen molar-refractivity contribution >= 4 is 39.1 Å². The largest absolute Gasteiger partial charge is 0.481 e. The average molecular weight is 495 g/mol. The van der Waals surface area contributed by atoms with Gasteiger partial charge in [0.25, 0.3) is 11.8 Å². The molecular formula is C26H27BrN2O3. The number of hydrogen-bond acceptors (Lipinski definition) is 3. The zero-order chi connectivity index (χ0) is 23.1. The summed E-state index contributed by atoms with van der Waals surface area (Å²) in [5.41, 5.74) is 4.34. The Labute approximate surface area is 197 Å². The lowest BCUT2D eigenvalue weighted by Crippen LogP contribution is -2.30. The molecule has 1 unspecified atom stereocenters. The Morgan fingerprint density at radius 1 is 0.875 bits per heavy atom. The molecule has 2 amide bonds. The summed E-state index contributed by atoms with van der Waals surface area (Å²) in [6, 6.07) is 20.2. The Balaban J connectivity index is 1.63. The first kappa shape index (κ1) is 23.5. The Bertz CT molecular complexity index is 1060. The quantitative estimate of drug-likeness (QED) is 0.389. The summed E-state index contributed by atoms with van der Waals surface area (Å²) in [4.78, 5) is 25.2. The fourth-order valence-corrected chi connectivity index (χ4v) is 3.57. The van der Waals surface area contributed by atoms with E-state index in [4.69, 9.17) is 4.74 Å². The van der Waals surface area contributed by atoms with Crippen LogP contribution in [0.3, 0.4) is 0 Å². The van der Waals surface area contributed by atoms with Gasteiger partial charge in [-0.05, 0) is 79.4 Å². The van der Waals surface area contributed by atoms with E-state index < -0.39 is 6.10 Å². The zero-order valence-electron chi connectivity index (χ0n) is 18.4. The highest BCUT2D eigenvalue weighted by atomic mass is 79.9. The molecule has 0 aromatic heterocycles. The van der Waals surface area contributed by atoms with Crippen molar-refractivity contribution in [1.82, 2.24) is 0 Å². The lowest BCUT2D eigenvalue weighted by atomic mass is 10.0. The molecule has 3 rings (SSSR count). The van der Waals surface area contributed by atoms with Crippen LogP contribution >= 0.6 is 15.9 Å². The Hall–Kier alpha value is -3.12. The van der Waals surface area contributed by atoms with E-state index in [0.717, 1.165) is 34.1 Å². The van der Waals surface area contributed by atoms with E-state index >= 15 is 0 Å². The smallest absolute Gasteiger partial charge is 0.265 e. The molecule has 0 radical (unpaired) electrons. The molecule has 0 aliphatic rings. The molecular weight excluding hydrogens is 468 g/mol. The summed E-state index contributed by atoms with van der Waals surface area (Å²) in [6.07, 6.45) is 0.995. The predicted octanol–water partition coefficient (Wildman–Crippen LogP) is 6.23. The van der Waals surface area contributed by atoms with Crippen molar-refractivity contribution in [2.45, 2.75) is 39.7 Å². The maximum absolute atomic E-state index is 12.8. The molecule has 6 heteroatoms. The lowest BCUT2D eigenvalue weighted by molar-refractivity contribution is -0.122. The van der Waals surface area contributed by atoms with E-state index in [1.165, 1.54) is 0 Å². The third-order valence-corrected chi connectivity index (χ3v) is 5.68. The van der Waals surface area contributed by atoms with E-state index in [1.54, 1.807) is 31.2 Å². The van der Waals surface area contributed by atoms with Crippen LogP contribution in [0, 0.1) is 0 Å². The van der Waals surface area contributed by atoms with Crippen molar-refractivity contribution < 1.29 is 14.3 Å². The van der Waals surface area contributed by atoms with Crippen molar-refractivity contribution in [2.24, 2.45) is 0 Å². The van der Waals surface area contributed by atoms with E-state index in [9.17, 15) is 9.59 Å². The summed E-state index contributed by atoms with van der Waals surface area (Å²) in [5, 5.41) is 5.88. The van der Waals surface area contributed by atoms with Gasteiger partial charge in [0.15, 0.2) is 6.10 Å². The molecule has 1 atom stereocenters. The monoisotopic (exact) mass is 494 g/mol. The summed E-state index contributed by atoms with van der Waals surface area (Å²) in [6.45, 7) is 5.83. The number of carbonyl (C=O) groups excluding carboxylic acids is 2. The number of anilines is 2. The first-order valence-corrected chi connectivity index (χ1v) is 11.5. The van der Waals surface area contributed by atoms with Gasteiger partial charge in [-0.3, -0.25) is 9.59 Å². The van der Waals surface area contributed by atoms with Crippen molar-refractivity contribution in [2.75, 3.05) is 10.6 Å². The molecule has 0 saturated heterocycles. The van der Waals surface area contributed by atoms with Gasteiger partial charge >= 0.3 is 0 Å². The molecule has 0 spiro atoms. The van der Waals surface area contributed by atoms with Gasteiger partial charge in [0, 0.05) is 21.4 Å². The van der Waals surface area contributed by atoms with Gasteiger partial charge in [-0.15, -0.1) is 0 Å². The number of para-hydroxylation sites is 1. The molecule has 32 heavy (non-hydrogen) atoms. The molecule has 0 saturated carbocycles. The van der Waals surface area contributed by atoms with Crippen molar-refractivity contribution in [3.05, 3.63) is 87.9 Å². The summed E-state index contributed by atoms with van der Waals surface area (Å²) >= 11 is 3.37. The fourth-order valence-electron chi connectivity index (χ4n) is 3.31. The second-order valence-corrected chi connectivity index (χ2v) is 8.31. The second kappa shape index (κ2) is 11.0. The van der Waals surface area contributed by atoms with Crippen molar-refractivity contribution in [3.8, 4) is 5.75 Å². The Morgan fingerprint density at radius 2 is 1.47 bits per heavy atom. The van der Waals surface area contributed by atoms with Crippen LogP contribution in [0.1, 0.15) is 42.3 Å². The summed E-state index contributed by atoms with van der Waals surface area (Å²) in [5.74, 6) is 0.0915. The van der Waals surface area contributed by atoms with Gasteiger partial charge < -0.3 is 15.4 Å². The van der Waals surface area contributed by atoms with Crippen molar-refractivity contribution in [3.63, 3.8) is 0 Å². The van der Waals surface area contributed by atoms with E-state index in [-0.39, 0.29) is 11.8 Å². The molecule has 0 bridgehead atoms. The van der Waals surface area contributed by atoms with Gasteiger partial charge in [0.1, 0.15) is 5.75 Å². The Kier molecular flexibility index (Phi) is 8.06. The maximum atomic E-state index is 12.8. The Morgan fingerprint density at radius 3 is 2.03 bits per heavy atom. The lowest BCUT2D eigenvalue weighted by Gasteiger charge is -2.16. The van der Waals surface area contributed by atoms with E-state index in [0.29, 0.717) is 17.0 Å². The topological polar surface area (TPSA) is 67.4 Å². The number of hydrogen-bond donors (Lipinski definition) is 2. The molecule has 5 nitrogen and oxygen atoms in total. The van der Waals surface area contributed by atoms with Crippen LogP contribution in [-0.4, -0.2) is 17.9 Å². The molecule has 2 N–H and O–H groups in total. The third-order valence-electron chi connectivity index (χ3n) is 5.15. The minimum absolute atomic E-state index is 0.173. The standard InChI is InChI=1S/C26H27BrN2O3/c1-4-18-7-6-8-19(5-2)24(18)29-26(31)20-9-15-23(16-10-20)32-17(3)25(30)28-22-13-11-21(27)12-14-22/h6-17H,4-5H2,1-3H3,(H,28,30)(H,29,31). The number of rotatable bonds is 8. The highest BCUT2D eigenvalue weighted by Crippen LogP contribution is 2.24. The van der Waals surface area contributed by atoms with Crippen LogP contribution in [0.15, 0.2) is 71.2 Å². The SMILES string of the molecule is CCc1cccc(CC)c1NC(=O)c1ccc(OC(C)C(=O)Nc2ccc(Br)cc2)cc1. The molecule has 0 fully saturated rings. The van der Waals surface area contributed by atoms with Crippen LogP contribution in [0.4, 0.5) is 11.4 Å². The number of benzene rings is 3. The number of amides is 2. The number of carbonyl (C=O) groups is 2. The van der Waals surface area contributed by atoms with Crippen LogP contribution in [0.25, 0.3) is 0 Å². The first-order chi connectivity index (χ1) is 15.4. The normalized spacial score (nSPS) is 11.5. The van der Waals surface area contributed by atoms with E-state index in [2.05, 4.69) is 40.4 Å². The molecule has 3 aromatic rings. The zero-order valence-corrected chi connectivity index (χ0v) is 20.0. The minimum atomic E-state index is -0.693. The summed E-state index contributed by atoms with van der Waals surface area (Å²) in [7, 11) is 0. The minimum Gasteiger partial charge on any atom is -0.481 e. The highest BCUT2D eigenvalue weighted by molar-refractivity contribution is 9.10. The highest BCUT2D eigenvalue weighted by Gasteiger charge is 2.16. The molecule has 166 valence electrons.